The standard InChI is InChI=1S/C22H19F6N7O2/c23-21(24,25)15-2-1-3-16(12-15)30-18-31-19(33-20(32-18)35-8-10-36-11-9-35)34-29-13-14-4-6-17(7-5-14)37-22(26,27)28/h1-7,12H,8-11,13H2,(H,30,31,32,33). The number of morpholine rings is 1. The normalized spacial score (nSPS) is 14.7. The molecule has 1 aromatic heterocycles. The van der Waals surface area contributed by atoms with E-state index in [0.29, 0.717) is 31.9 Å². The van der Waals surface area contributed by atoms with Gasteiger partial charge in [0, 0.05) is 18.8 Å². The average Bonchev–Trinajstić information content (AvgIpc) is 2.84. The predicted molar refractivity (Wildman–Crippen MR) is 119 cm³/mol. The first kappa shape index (κ1) is 26.1. The van der Waals surface area contributed by atoms with Gasteiger partial charge in [-0.25, -0.2) is 0 Å². The Kier molecular flexibility index (Phi) is 7.71. The molecule has 37 heavy (non-hydrogen) atoms. The fourth-order valence-electron chi connectivity index (χ4n) is 3.24. The summed E-state index contributed by atoms with van der Waals surface area (Å²) in [6.45, 7) is 1.84. The number of nitrogens with zero attached hydrogens (tertiary/aromatic N) is 6. The quantitative estimate of drug-likeness (QED) is 0.313. The van der Waals surface area contributed by atoms with E-state index in [9.17, 15) is 26.3 Å². The molecular formula is C22H19F6N7O2. The molecule has 0 amide bonds. The van der Waals surface area contributed by atoms with Gasteiger partial charge < -0.3 is 19.7 Å². The number of azo groups is 1. The molecule has 1 fully saturated rings. The van der Waals surface area contributed by atoms with Crippen molar-refractivity contribution < 1.29 is 35.8 Å². The monoisotopic (exact) mass is 527 g/mol. The predicted octanol–water partition coefficient (Wildman–Crippen LogP) is 5.65. The minimum Gasteiger partial charge on any atom is -0.406 e. The van der Waals surface area contributed by atoms with E-state index in [1.54, 1.807) is 4.90 Å². The fourth-order valence-corrected chi connectivity index (χ4v) is 3.24. The van der Waals surface area contributed by atoms with Crippen molar-refractivity contribution in [2.75, 3.05) is 36.5 Å². The van der Waals surface area contributed by atoms with E-state index < -0.39 is 18.1 Å². The summed E-state index contributed by atoms with van der Waals surface area (Å²) in [5.41, 5.74) is -0.187. The van der Waals surface area contributed by atoms with Crippen LogP contribution < -0.4 is 15.0 Å². The summed E-state index contributed by atoms with van der Waals surface area (Å²) in [6.07, 6.45) is -9.32. The number of rotatable bonds is 7. The van der Waals surface area contributed by atoms with Crippen LogP contribution in [0.4, 0.5) is 49.9 Å². The van der Waals surface area contributed by atoms with Gasteiger partial charge in [0.25, 0.3) is 5.95 Å². The first-order valence-corrected chi connectivity index (χ1v) is 10.8. The van der Waals surface area contributed by atoms with Gasteiger partial charge in [0.2, 0.25) is 11.9 Å². The lowest BCUT2D eigenvalue weighted by atomic mass is 10.2. The molecule has 1 aliphatic rings. The van der Waals surface area contributed by atoms with E-state index in [4.69, 9.17) is 4.74 Å². The van der Waals surface area contributed by atoms with E-state index in [0.717, 1.165) is 24.3 Å². The molecule has 2 aromatic carbocycles. The minimum atomic E-state index is -4.79. The Labute approximate surface area is 206 Å². The lowest BCUT2D eigenvalue weighted by Gasteiger charge is -2.26. The van der Waals surface area contributed by atoms with Crippen LogP contribution in [-0.4, -0.2) is 47.6 Å². The highest BCUT2D eigenvalue weighted by molar-refractivity contribution is 5.56. The molecule has 3 aromatic rings. The maximum absolute atomic E-state index is 13.1. The zero-order valence-electron chi connectivity index (χ0n) is 18.9. The van der Waals surface area contributed by atoms with Crippen molar-refractivity contribution >= 4 is 23.5 Å². The molecule has 0 bridgehead atoms. The number of ether oxygens (including phenoxy) is 2. The smallest absolute Gasteiger partial charge is 0.406 e. The highest BCUT2D eigenvalue weighted by Gasteiger charge is 2.31. The average molecular weight is 527 g/mol. The Bertz CT molecular complexity index is 1230. The van der Waals surface area contributed by atoms with Gasteiger partial charge >= 0.3 is 12.5 Å². The van der Waals surface area contributed by atoms with E-state index in [-0.39, 0.29) is 35.8 Å². The number of hydrogen-bond donors (Lipinski definition) is 1. The van der Waals surface area contributed by atoms with E-state index >= 15 is 0 Å². The van der Waals surface area contributed by atoms with Gasteiger partial charge in [0.1, 0.15) is 5.75 Å². The Balaban J connectivity index is 1.53. The molecule has 0 radical (unpaired) electrons. The van der Waals surface area contributed by atoms with Crippen LogP contribution in [0.3, 0.4) is 0 Å². The molecule has 0 spiro atoms. The zero-order chi connectivity index (χ0) is 26.5. The molecule has 0 aliphatic carbocycles. The lowest BCUT2D eigenvalue weighted by Crippen LogP contribution is -2.37. The summed E-state index contributed by atoms with van der Waals surface area (Å²) in [5.74, 6) is -0.289. The molecule has 2 heterocycles. The third-order valence-corrected chi connectivity index (χ3v) is 4.92. The number of hydrogen-bond acceptors (Lipinski definition) is 9. The fraction of sp³-hybridized carbons (Fsp3) is 0.318. The SMILES string of the molecule is FC(F)(F)Oc1ccc(CN=Nc2nc(Nc3cccc(C(F)(F)F)c3)nc(N3CCOCC3)n2)cc1. The maximum atomic E-state index is 13.1. The van der Waals surface area contributed by atoms with Crippen LogP contribution in [0.25, 0.3) is 0 Å². The highest BCUT2D eigenvalue weighted by Crippen LogP contribution is 2.31. The molecule has 0 unspecified atom stereocenters. The van der Waals surface area contributed by atoms with Crippen LogP contribution >= 0.6 is 0 Å². The Morgan fingerprint density at radius 3 is 2.35 bits per heavy atom. The zero-order valence-corrected chi connectivity index (χ0v) is 18.9. The van der Waals surface area contributed by atoms with Crippen molar-refractivity contribution in [3.05, 3.63) is 59.7 Å². The minimum absolute atomic E-state index is 0.00125. The maximum Gasteiger partial charge on any atom is 0.573 e. The molecule has 15 heteroatoms. The molecule has 196 valence electrons. The molecule has 1 aliphatic heterocycles. The molecular weight excluding hydrogens is 508 g/mol. The second-order valence-electron chi connectivity index (χ2n) is 7.65. The Hall–Kier alpha value is -4.01. The Morgan fingerprint density at radius 2 is 1.68 bits per heavy atom. The number of anilines is 3. The van der Waals surface area contributed by atoms with E-state index in [1.807, 2.05) is 0 Å². The van der Waals surface area contributed by atoms with Gasteiger partial charge in [-0.1, -0.05) is 18.2 Å². The van der Waals surface area contributed by atoms with Crippen molar-refractivity contribution in [3.8, 4) is 5.75 Å². The first-order valence-electron chi connectivity index (χ1n) is 10.8. The number of aromatic nitrogens is 3. The summed E-state index contributed by atoms with van der Waals surface area (Å²) >= 11 is 0. The van der Waals surface area contributed by atoms with Crippen LogP contribution in [-0.2, 0) is 17.5 Å². The number of benzene rings is 2. The second-order valence-corrected chi connectivity index (χ2v) is 7.65. The van der Waals surface area contributed by atoms with E-state index in [1.165, 1.54) is 24.3 Å². The van der Waals surface area contributed by atoms with Crippen molar-refractivity contribution in [1.82, 2.24) is 15.0 Å². The second kappa shape index (κ2) is 10.9. The van der Waals surface area contributed by atoms with Gasteiger partial charge in [-0.15, -0.1) is 18.3 Å². The van der Waals surface area contributed by atoms with Crippen molar-refractivity contribution in [1.29, 1.82) is 0 Å². The summed E-state index contributed by atoms with van der Waals surface area (Å²) in [6, 6.07) is 9.64. The summed E-state index contributed by atoms with van der Waals surface area (Å²) < 4.78 is 85.3. The van der Waals surface area contributed by atoms with Gasteiger partial charge in [0.15, 0.2) is 0 Å². The first-order chi connectivity index (χ1) is 17.5. The number of nitrogens with one attached hydrogen (secondary N) is 1. The molecule has 0 atom stereocenters. The molecule has 4 rings (SSSR count). The third kappa shape index (κ3) is 7.73. The van der Waals surface area contributed by atoms with Gasteiger partial charge in [-0.05, 0) is 35.9 Å². The largest absolute Gasteiger partial charge is 0.573 e. The highest BCUT2D eigenvalue weighted by atomic mass is 19.4. The molecule has 9 nitrogen and oxygen atoms in total. The van der Waals surface area contributed by atoms with Crippen LogP contribution in [0.1, 0.15) is 11.1 Å². The van der Waals surface area contributed by atoms with Crippen LogP contribution in [0.15, 0.2) is 58.8 Å². The Morgan fingerprint density at radius 1 is 0.946 bits per heavy atom. The van der Waals surface area contributed by atoms with Crippen molar-refractivity contribution in [3.63, 3.8) is 0 Å². The molecule has 1 saturated heterocycles. The molecule has 0 saturated carbocycles. The topological polar surface area (TPSA) is 97.1 Å². The van der Waals surface area contributed by atoms with E-state index in [2.05, 4.69) is 35.2 Å². The third-order valence-electron chi connectivity index (χ3n) is 4.92. The summed E-state index contributed by atoms with van der Waals surface area (Å²) in [7, 11) is 0. The lowest BCUT2D eigenvalue weighted by molar-refractivity contribution is -0.274. The summed E-state index contributed by atoms with van der Waals surface area (Å²) in [4.78, 5) is 14.5. The number of alkyl halides is 6. The van der Waals surface area contributed by atoms with Crippen LogP contribution in [0.2, 0.25) is 0 Å². The molecule has 1 N–H and O–H groups in total. The van der Waals surface area contributed by atoms with Crippen LogP contribution in [0, 0.1) is 0 Å². The van der Waals surface area contributed by atoms with Gasteiger partial charge in [-0.3, -0.25) is 0 Å². The number of halogens is 6. The van der Waals surface area contributed by atoms with Gasteiger partial charge in [-0.2, -0.15) is 33.2 Å². The summed E-state index contributed by atoms with van der Waals surface area (Å²) in [5, 5.41) is 10.7. The van der Waals surface area contributed by atoms with Crippen LogP contribution in [0.5, 0.6) is 5.75 Å². The van der Waals surface area contributed by atoms with Gasteiger partial charge in [0.05, 0.1) is 25.3 Å². The van der Waals surface area contributed by atoms with Crippen molar-refractivity contribution in [2.24, 2.45) is 10.2 Å². The van der Waals surface area contributed by atoms with Crippen molar-refractivity contribution in [2.45, 2.75) is 19.1 Å².